The lowest BCUT2D eigenvalue weighted by Gasteiger charge is -2.28. The summed E-state index contributed by atoms with van der Waals surface area (Å²) in [5.41, 5.74) is 0. The van der Waals surface area contributed by atoms with Gasteiger partial charge in [-0.25, -0.2) is 4.98 Å². The van der Waals surface area contributed by atoms with E-state index in [9.17, 15) is 9.59 Å². The fourth-order valence-corrected chi connectivity index (χ4v) is 2.58. The molecule has 1 aliphatic heterocycles. The highest BCUT2D eigenvalue weighted by Crippen LogP contribution is 2.14. The van der Waals surface area contributed by atoms with Crippen LogP contribution < -0.4 is 5.32 Å². The lowest BCUT2D eigenvalue weighted by Crippen LogP contribution is -2.46. The number of carbonyl (C=O) groups is 2. The van der Waals surface area contributed by atoms with E-state index in [-0.39, 0.29) is 17.9 Å². The van der Waals surface area contributed by atoms with E-state index in [1.165, 1.54) is 0 Å². The largest absolute Gasteiger partial charge is 0.344 e. The maximum Gasteiger partial charge on any atom is 0.245 e. The molecule has 2 heterocycles. The minimum Gasteiger partial charge on any atom is -0.344 e. The van der Waals surface area contributed by atoms with Gasteiger partial charge in [0.15, 0.2) is 0 Å². The molecule has 0 radical (unpaired) electrons. The van der Waals surface area contributed by atoms with Gasteiger partial charge in [0.25, 0.3) is 0 Å². The van der Waals surface area contributed by atoms with Crippen LogP contribution in [0.5, 0.6) is 0 Å². The number of imidazole rings is 1. The van der Waals surface area contributed by atoms with Crippen LogP contribution in [-0.2, 0) is 23.1 Å². The fraction of sp³-hybridized carbons (Fsp3) is 0.643. The van der Waals surface area contributed by atoms with Gasteiger partial charge in [0, 0.05) is 44.9 Å². The molecule has 20 heavy (non-hydrogen) atoms. The van der Waals surface area contributed by atoms with Gasteiger partial charge >= 0.3 is 0 Å². The average Bonchev–Trinajstić information content (AvgIpc) is 2.77. The first-order valence-corrected chi connectivity index (χ1v) is 7.09. The third kappa shape index (κ3) is 3.00. The highest BCUT2D eigenvalue weighted by atomic mass is 16.2. The van der Waals surface area contributed by atoms with Crippen LogP contribution in [-0.4, -0.2) is 44.9 Å². The topological polar surface area (TPSA) is 67.2 Å². The average molecular weight is 278 g/mol. The quantitative estimate of drug-likeness (QED) is 0.871. The number of aryl methyl sites for hydroxylation is 1. The smallest absolute Gasteiger partial charge is 0.245 e. The monoisotopic (exact) mass is 278 g/mol. The Balaban J connectivity index is 2.08. The van der Waals surface area contributed by atoms with Gasteiger partial charge in [0.1, 0.15) is 11.9 Å². The van der Waals surface area contributed by atoms with Crippen molar-refractivity contribution in [2.75, 3.05) is 6.54 Å². The number of aromatic nitrogens is 2. The summed E-state index contributed by atoms with van der Waals surface area (Å²) in [6.07, 6.45) is 5.33. The van der Waals surface area contributed by atoms with Crippen molar-refractivity contribution in [1.29, 1.82) is 0 Å². The van der Waals surface area contributed by atoms with Crippen molar-refractivity contribution in [2.24, 2.45) is 7.05 Å². The molecular weight excluding hydrogens is 256 g/mol. The lowest BCUT2D eigenvalue weighted by molar-refractivity contribution is -0.134. The van der Waals surface area contributed by atoms with E-state index in [1.54, 1.807) is 11.1 Å². The lowest BCUT2D eigenvalue weighted by atomic mass is 10.1. The molecule has 1 aromatic rings. The van der Waals surface area contributed by atoms with Gasteiger partial charge in [0.2, 0.25) is 11.8 Å². The zero-order chi connectivity index (χ0) is 14.7. The van der Waals surface area contributed by atoms with E-state index in [4.69, 9.17) is 0 Å². The van der Waals surface area contributed by atoms with Gasteiger partial charge in [0.05, 0.1) is 0 Å². The summed E-state index contributed by atoms with van der Waals surface area (Å²) in [4.78, 5) is 30.3. The zero-order valence-electron chi connectivity index (χ0n) is 12.3. The number of nitrogens with zero attached hydrogens (tertiary/aromatic N) is 3. The fourth-order valence-electron chi connectivity index (χ4n) is 2.58. The van der Waals surface area contributed by atoms with Gasteiger partial charge < -0.3 is 14.8 Å². The van der Waals surface area contributed by atoms with Crippen molar-refractivity contribution in [3.05, 3.63) is 18.2 Å². The molecule has 0 spiro atoms. The van der Waals surface area contributed by atoms with Crippen LogP contribution in [0, 0.1) is 0 Å². The Morgan fingerprint density at radius 2 is 2.20 bits per heavy atom. The number of nitrogens with one attached hydrogen (secondary N) is 1. The Hall–Kier alpha value is -1.85. The standard InChI is InChI=1S/C14H22N4O2/c1-4-11-14(20)18(10(2)9-13(19)16-11)7-5-12-15-6-8-17(12)3/h6,8,10-11H,4-5,7,9H2,1-3H3,(H,16,19). The van der Waals surface area contributed by atoms with E-state index < -0.39 is 6.04 Å². The molecule has 1 saturated heterocycles. The van der Waals surface area contributed by atoms with Crippen molar-refractivity contribution in [3.8, 4) is 0 Å². The molecule has 110 valence electrons. The predicted octanol–water partition coefficient (Wildman–Crippen LogP) is 0.478. The van der Waals surface area contributed by atoms with Crippen molar-refractivity contribution in [2.45, 2.75) is 45.2 Å². The second-order valence-corrected chi connectivity index (χ2v) is 5.32. The molecule has 2 rings (SSSR count). The normalized spacial score (nSPS) is 23.6. The molecule has 0 aromatic carbocycles. The highest BCUT2D eigenvalue weighted by molar-refractivity contribution is 5.90. The van der Waals surface area contributed by atoms with E-state index >= 15 is 0 Å². The minimum absolute atomic E-state index is 0.0139. The predicted molar refractivity (Wildman–Crippen MR) is 74.9 cm³/mol. The molecule has 6 nitrogen and oxygen atoms in total. The Bertz CT molecular complexity index is 497. The Morgan fingerprint density at radius 3 is 2.80 bits per heavy atom. The molecule has 1 aromatic heterocycles. The van der Waals surface area contributed by atoms with Crippen LogP contribution >= 0.6 is 0 Å². The van der Waals surface area contributed by atoms with Crippen molar-refractivity contribution >= 4 is 11.8 Å². The van der Waals surface area contributed by atoms with Crippen LogP contribution in [0.2, 0.25) is 0 Å². The first kappa shape index (κ1) is 14.6. The molecule has 0 saturated carbocycles. The molecule has 2 amide bonds. The number of hydrogen-bond acceptors (Lipinski definition) is 3. The van der Waals surface area contributed by atoms with Gasteiger partial charge in [-0.1, -0.05) is 6.92 Å². The number of hydrogen-bond donors (Lipinski definition) is 1. The first-order chi connectivity index (χ1) is 9.52. The number of carbonyl (C=O) groups excluding carboxylic acids is 2. The van der Waals surface area contributed by atoms with Crippen LogP contribution in [0.1, 0.15) is 32.5 Å². The van der Waals surface area contributed by atoms with E-state index in [1.807, 2.05) is 31.7 Å². The molecule has 0 aliphatic carbocycles. The summed E-state index contributed by atoms with van der Waals surface area (Å²) >= 11 is 0. The second kappa shape index (κ2) is 6.07. The minimum atomic E-state index is -0.395. The van der Waals surface area contributed by atoms with Crippen LogP contribution in [0.15, 0.2) is 12.4 Å². The zero-order valence-corrected chi connectivity index (χ0v) is 12.3. The van der Waals surface area contributed by atoms with Gasteiger partial charge in [-0.2, -0.15) is 0 Å². The summed E-state index contributed by atoms with van der Waals surface area (Å²) in [6.45, 7) is 4.43. The summed E-state index contributed by atoms with van der Waals surface area (Å²) in [5.74, 6) is 0.916. The van der Waals surface area contributed by atoms with Crippen LogP contribution in [0.25, 0.3) is 0 Å². The Kier molecular flexibility index (Phi) is 4.42. The van der Waals surface area contributed by atoms with Crippen molar-refractivity contribution in [3.63, 3.8) is 0 Å². The van der Waals surface area contributed by atoms with Crippen LogP contribution in [0.4, 0.5) is 0 Å². The molecule has 1 N–H and O–H groups in total. The molecule has 6 heteroatoms. The van der Waals surface area contributed by atoms with Gasteiger partial charge in [-0.15, -0.1) is 0 Å². The molecule has 1 fully saturated rings. The highest BCUT2D eigenvalue weighted by Gasteiger charge is 2.32. The summed E-state index contributed by atoms with van der Waals surface area (Å²) in [5, 5.41) is 2.79. The van der Waals surface area contributed by atoms with E-state index in [0.29, 0.717) is 25.8 Å². The number of rotatable bonds is 4. The van der Waals surface area contributed by atoms with Crippen LogP contribution in [0.3, 0.4) is 0 Å². The summed E-state index contributed by atoms with van der Waals surface area (Å²) in [6, 6.07) is -0.465. The molecule has 2 unspecified atom stereocenters. The summed E-state index contributed by atoms with van der Waals surface area (Å²) in [7, 11) is 1.94. The molecular formula is C14H22N4O2. The van der Waals surface area contributed by atoms with E-state index in [0.717, 1.165) is 5.82 Å². The molecule has 0 bridgehead atoms. The third-order valence-electron chi connectivity index (χ3n) is 3.83. The number of amides is 2. The van der Waals surface area contributed by atoms with Gasteiger partial charge in [-0.3, -0.25) is 9.59 Å². The first-order valence-electron chi connectivity index (χ1n) is 7.09. The van der Waals surface area contributed by atoms with E-state index in [2.05, 4.69) is 10.3 Å². The maximum absolute atomic E-state index is 12.5. The van der Waals surface area contributed by atoms with Crippen molar-refractivity contribution < 1.29 is 9.59 Å². The second-order valence-electron chi connectivity index (χ2n) is 5.32. The maximum atomic E-state index is 12.5. The SMILES string of the molecule is CCC1NC(=O)CC(C)N(CCc2nccn2C)C1=O. The third-order valence-corrected chi connectivity index (χ3v) is 3.83. The Labute approximate surface area is 119 Å². The summed E-state index contributed by atoms with van der Waals surface area (Å²) < 4.78 is 1.95. The van der Waals surface area contributed by atoms with Crippen molar-refractivity contribution in [1.82, 2.24) is 19.8 Å². The molecule has 2 atom stereocenters. The Morgan fingerprint density at radius 1 is 1.45 bits per heavy atom. The molecule has 1 aliphatic rings. The van der Waals surface area contributed by atoms with Gasteiger partial charge in [-0.05, 0) is 13.3 Å².